The van der Waals surface area contributed by atoms with Gasteiger partial charge in [-0.3, -0.25) is 9.59 Å². The SMILES string of the molecule is Cc1ccc(C)c(NC(=O)COc2ccccc2/C=C(\C#N)C(=O)Nc2cccc(C(F)(F)F)c2)c1. The lowest BCUT2D eigenvalue weighted by Gasteiger charge is -2.12. The molecule has 9 heteroatoms. The minimum absolute atomic E-state index is 0.108. The Kier molecular flexibility index (Phi) is 8.12. The summed E-state index contributed by atoms with van der Waals surface area (Å²) in [5.41, 5.74) is 1.48. The third-order valence-corrected chi connectivity index (χ3v) is 5.06. The number of aryl methyl sites for hydroxylation is 2. The van der Waals surface area contributed by atoms with Gasteiger partial charge in [0, 0.05) is 16.9 Å². The van der Waals surface area contributed by atoms with Gasteiger partial charge in [-0.2, -0.15) is 18.4 Å². The van der Waals surface area contributed by atoms with Crippen LogP contribution in [0.15, 0.2) is 72.3 Å². The van der Waals surface area contributed by atoms with Crippen molar-refractivity contribution >= 4 is 29.3 Å². The first-order valence-corrected chi connectivity index (χ1v) is 10.8. The maximum atomic E-state index is 12.9. The number of hydrogen-bond donors (Lipinski definition) is 2. The van der Waals surface area contributed by atoms with E-state index in [1.165, 1.54) is 12.1 Å². The Bertz CT molecular complexity index is 1360. The number of benzene rings is 3. The van der Waals surface area contributed by atoms with Crippen molar-refractivity contribution in [3.05, 3.63) is 94.6 Å². The van der Waals surface area contributed by atoms with Crippen LogP contribution in [0, 0.1) is 25.2 Å². The summed E-state index contributed by atoms with van der Waals surface area (Å²) in [6.07, 6.45) is -3.34. The summed E-state index contributed by atoms with van der Waals surface area (Å²) in [4.78, 5) is 25.0. The van der Waals surface area contributed by atoms with Gasteiger partial charge in [0.05, 0.1) is 5.56 Å². The lowest BCUT2D eigenvalue weighted by Crippen LogP contribution is -2.21. The van der Waals surface area contributed by atoms with Crippen molar-refractivity contribution in [2.75, 3.05) is 17.2 Å². The molecule has 0 fully saturated rings. The number of carbonyl (C=O) groups excluding carboxylic acids is 2. The molecule has 3 aromatic rings. The van der Waals surface area contributed by atoms with Crippen molar-refractivity contribution in [3.63, 3.8) is 0 Å². The molecule has 0 radical (unpaired) electrons. The van der Waals surface area contributed by atoms with E-state index in [0.29, 0.717) is 11.3 Å². The van der Waals surface area contributed by atoms with Crippen molar-refractivity contribution in [2.24, 2.45) is 0 Å². The van der Waals surface area contributed by atoms with Crippen LogP contribution in [-0.4, -0.2) is 18.4 Å². The van der Waals surface area contributed by atoms with Gasteiger partial charge in [0.15, 0.2) is 6.61 Å². The molecule has 6 nitrogen and oxygen atoms in total. The standard InChI is InChI=1S/C27H22F3N3O3/c1-17-10-11-18(2)23(12-17)33-25(34)16-36-24-9-4-3-6-19(24)13-20(15-31)26(35)32-22-8-5-7-21(14-22)27(28,29)30/h3-14H,16H2,1-2H3,(H,32,35)(H,33,34)/b20-13+. The second-order valence-corrected chi connectivity index (χ2v) is 7.90. The molecule has 0 aromatic heterocycles. The number of nitrogens with zero attached hydrogens (tertiary/aromatic N) is 1. The maximum Gasteiger partial charge on any atom is 0.416 e. The average molecular weight is 493 g/mol. The second kappa shape index (κ2) is 11.2. The smallest absolute Gasteiger partial charge is 0.416 e. The molecule has 0 aliphatic rings. The van der Waals surface area contributed by atoms with E-state index in [-0.39, 0.29) is 23.6 Å². The minimum Gasteiger partial charge on any atom is -0.483 e. The Balaban J connectivity index is 1.73. The summed E-state index contributed by atoms with van der Waals surface area (Å²) < 4.78 is 44.4. The Morgan fingerprint density at radius 3 is 2.47 bits per heavy atom. The van der Waals surface area contributed by atoms with Crippen LogP contribution in [0.3, 0.4) is 0 Å². The average Bonchev–Trinajstić information content (AvgIpc) is 2.83. The van der Waals surface area contributed by atoms with Gasteiger partial charge in [0.25, 0.3) is 11.8 Å². The fraction of sp³-hybridized carbons (Fsp3) is 0.148. The highest BCUT2D eigenvalue weighted by atomic mass is 19.4. The number of nitrogens with one attached hydrogen (secondary N) is 2. The molecule has 184 valence electrons. The van der Waals surface area contributed by atoms with E-state index in [1.54, 1.807) is 30.3 Å². The van der Waals surface area contributed by atoms with Gasteiger partial charge in [-0.15, -0.1) is 0 Å². The molecule has 2 amide bonds. The first-order valence-electron chi connectivity index (χ1n) is 10.8. The number of hydrogen-bond acceptors (Lipinski definition) is 4. The molecule has 0 saturated heterocycles. The Morgan fingerprint density at radius 1 is 1.00 bits per heavy atom. The molecule has 0 saturated carbocycles. The largest absolute Gasteiger partial charge is 0.483 e. The number of carbonyl (C=O) groups is 2. The summed E-state index contributed by atoms with van der Waals surface area (Å²) >= 11 is 0. The van der Waals surface area contributed by atoms with Crippen LogP contribution in [-0.2, 0) is 15.8 Å². The first kappa shape index (κ1) is 26.0. The highest BCUT2D eigenvalue weighted by Gasteiger charge is 2.30. The van der Waals surface area contributed by atoms with E-state index in [4.69, 9.17) is 4.74 Å². The van der Waals surface area contributed by atoms with Gasteiger partial charge < -0.3 is 15.4 Å². The molecular formula is C27H22F3N3O3. The van der Waals surface area contributed by atoms with Crippen molar-refractivity contribution in [1.29, 1.82) is 5.26 Å². The lowest BCUT2D eigenvalue weighted by molar-refractivity contribution is -0.137. The second-order valence-electron chi connectivity index (χ2n) is 7.90. The summed E-state index contributed by atoms with van der Waals surface area (Å²) in [5.74, 6) is -1.04. The van der Waals surface area contributed by atoms with Crippen molar-refractivity contribution in [1.82, 2.24) is 0 Å². The van der Waals surface area contributed by atoms with Gasteiger partial charge >= 0.3 is 6.18 Å². The lowest BCUT2D eigenvalue weighted by atomic mass is 10.1. The van der Waals surface area contributed by atoms with Crippen LogP contribution >= 0.6 is 0 Å². The summed E-state index contributed by atoms with van der Waals surface area (Å²) in [5, 5.41) is 14.6. The van der Waals surface area contributed by atoms with E-state index >= 15 is 0 Å². The molecule has 0 aliphatic heterocycles. The quantitative estimate of drug-likeness (QED) is 0.317. The molecule has 0 heterocycles. The Labute approximate surface area is 206 Å². The predicted octanol–water partition coefficient (Wildman–Crippen LogP) is 5.89. The number of ether oxygens (including phenoxy) is 1. The van der Waals surface area contributed by atoms with Crippen LogP contribution in [0.4, 0.5) is 24.5 Å². The third-order valence-electron chi connectivity index (χ3n) is 5.06. The van der Waals surface area contributed by atoms with Crippen molar-refractivity contribution in [2.45, 2.75) is 20.0 Å². The highest BCUT2D eigenvalue weighted by molar-refractivity contribution is 6.09. The number of anilines is 2. The minimum atomic E-state index is -4.57. The van der Waals surface area contributed by atoms with Crippen molar-refractivity contribution in [3.8, 4) is 11.8 Å². The molecule has 0 unspecified atom stereocenters. The normalized spacial score (nSPS) is 11.4. The number of halogens is 3. The van der Waals surface area contributed by atoms with Crippen LogP contribution in [0.2, 0.25) is 0 Å². The zero-order valence-electron chi connectivity index (χ0n) is 19.4. The summed E-state index contributed by atoms with van der Waals surface area (Å²) in [6.45, 7) is 3.45. The monoisotopic (exact) mass is 493 g/mol. The fourth-order valence-corrected chi connectivity index (χ4v) is 3.21. The predicted molar refractivity (Wildman–Crippen MR) is 130 cm³/mol. The van der Waals surface area contributed by atoms with Gasteiger partial charge in [-0.25, -0.2) is 0 Å². The van der Waals surface area contributed by atoms with Crippen LogP contribution in [0.1, 0.15) is 22.3 Å². The highest BCUT2D eigenvalue weighted by Crippen LogP contribution is 2.31. The molecule has 36 heavy (non-hydrogen) atoms. The van der Waals surface area contributed by atoms with Crippen molar-refractivity contribution < 1.29 is 27.5 Å². The van der Waals surface area contributed by atoms with Crippen LogP contribution < -0.4 is 15.4 Å². The third kappa shape index (κ3) is 6.96. The van der Waals surface area contributed by atoms with E-state index in [9.17, 15) is 28.0 Å². The molecule has 2 N–H and O–H groups in total. The number of amides is 2. The van der Waals surface area contributed by atoms with E-state index in [2.05, 4.69) is 10.6 Å². The van der Waals surface area contributed by atoms with Gasteiger partial charge in [-0.1, -0.05) is 36.4 Å². The van der Waals surface area contributed by atoms with Crippen LogP contribution in [0.5, 0.6) is 5.75 Å². The zero-order chi connectivity index (χ0) is 26.3. The number of para-hydroxylation sites is 1. The van der Waals surface area contributed by atoms with Crippen LogP contribution in [0.25, 0.3) is 6.08 Å². The number of alkyl halides is 3. The van der Waals surface area contributed by atoms with E-state index in [1.807, 2.05) is 32.0 Å². The Morgan fingerprint density at radius 2 is 1.75 bits per heavy atom. The van der Waals surface area contributed by atoms with Gasteiger partial charge in [0.2, 0.25) is 0 Å². The molecule has 0 aliphatic carbocycles. The van der Waals surface area contributed by atoms with Gasteiger partial charge in [-0.05, 0) is 61.4 Å². The Hall–Kier alpha value is -4.58. The molecule has 0 spiro atoms. The molecule has 3 rings (SSSR count). The number of rotatable bonds is 7. The van der Waals surface area contributed by atoms with E-state index < -0.39 is 23.6 Å². The molecule has 3 aromatic carbocycles. The summed E-state index contributed by atoms with van der Waals surface area (Å²) in [6, 6.07) is 17.9. The maximum absolute atomic E-state index is 12.9. The summed E-state index contributed by atoms with van der Waals surface area (Å²) in [7, 11) is 0. The topological polar surface area (TPSA) is 91.2 Å². The van der Waals surface area contributed by atoms with E-state index in [0.717, 1.165) is 29.3 Å². The molecule has 0 atom stereocenters. The zero-order valence-corrected chi connectivity index (χ0v) is 19.4. The molecule has 0 bridgehead atoms. The van der Waals surface area contributed by atoms with Gasteiger partial charge in [0.1, 0.15) is 17.4 Å². The number of nitriles is 1. The molecular weight excluding hydrogens is 471 g/mol. The first-order chi connectivity index (χ1) is 17.1. The fourth-order valence-electron chi connectivity index (χ4n) is 3.21.